The van der Waals surface area contributed by atoms with Crippen molar-refractivity contribution in [1.82, 2.24) is 0 Å². The van der Waals surface area contributed by atoms with E-state index in [1.807, 2.05) is 43.3 Å². The molecule has 3 rings (SSSR count). The Morgan fingerprint density at radius 2 is 1.52 bits per heavy atom. The molecule has 3 aromatic rings. The van der Waals surface area contributed by atoms with Crippen LogP contribution in [0.3, 0.4) is 0 Å². The van der Waals surface area contributed by atoms with Gasteiger partial charge in [-0.2, -0.15) is 0 Å². The smallest absolute Gasteiger partial charge is 0.187 e. The van der Waals surface area contributed by atoms with Crippen molar-refractivity contribution in [2.24, 2.45) is 0 Å². The van der Waals surface area contributed by atoms with Gasteiger partial charge in [-0.3, -0.25) is 4.79 Å². The first-order valence-corrected chi connectivity index (χ1v) is 9.06. The normalized spacial score (nSPS) is 11.1. The Balaban J connectivity index is 1.82. The van der Waals surface area contributed by atoms with E-state index in [2.05, 4.69) is 5.32 Å². The molecule has 0 saturated carbocycles. The van der Waals surface area contributed by atoms with Crippen molar-refractivity contribution >= 4 is 34.7 Å². The second-order valence-corrected chi connectivity index (χ2v) is 6.65. The fourth-order valence-electron chi connectivity index (χ4n) is 2.48. The summed E-state index contributed by atoms with van der Waals surface area (Å²) in [5.74, 6) is 0.859. The molecule has 0 aliphatic rings. The van der Waals surface area contributed by atoms with E-state index in [-0.39, 0.29) is 5.78 Å². The van der Waals surface area contributed by atoms with Crippen molar-refractivity contribution < 1.29 is 9.53 Å². The van der Waals surface area contributed by atoms with E-state index < -0.39 is 0 Å². The van der Waals surface area contributed by atoms with Gasteiger partial charge in [0.2, 0.25) is 0 Å². The van der Waals surface area contributed by atoms with Crippen molar-refractivity contribution in [3.63, 3.8) is 0 Å². The van der Waals surface area contributed by atoms with Crippen LogP contribution in [0.1, 0.15) is 17.3 Å². The van der Waals surface area contributed by atoms with E-state index in [1.165, 1.54) is 0 Å². The molecule has 0 heterocycles. The van der Waals surface area contributed by atoms with Gasteiger partial charge in [-0.15, -0.1) is 0 Å². The van der Waals surface area contributed by atoms with E-state index in [0.717, 1.165) is 0 Å². The maximum atomic E-state index is 12.3. The van der Waals surface area contributed by atoms with Gasteiger partial charge < -0.3 is 10.1 Å². The first-order chi connectivity index (χ1) is 13.0. The van der Waals surface area contributed by atoms with Gasteiger partial charge in [-0.1, -0.05) is 71.7 Å². The number of halogens is 2. The molecular formula is C22H17Cl2NO2. The Bertz CT molecular complexity index is 964. The van der Waals surface area contributed by atoms with Crippen LogP contribution in [0.4, 0.5) is 5.69 Å². The van der Waals surface area contributed by atoms with Gasteiger partial charge in [0.1, 0.15) is 0 Å². The Labute approximate surface area is 168 Å². The lowest BCUT2D eigenvalue weighted by Crippen LogP contribution is -2.02. The monoisotopic (exact) mass is 397 g/mol. The predicted octanol–water partition coefficient (Wildman–Crippen LogP) is 6.98. The Morgan fingerprint density at radius 1 is 0.889 bits per heavy atom. The van der Waals surface area contributed by atoms with Crippen LogP contribution in [-0.4, -0.2) is 5.78 Å². The van der Waals surface area contributed by atoms with Crippen LogP contribution in [0.15, 0.2) is 84.6 Å². The highest BCUT2D eigenvalue weighted by atomic mass is 35.5. The largest absolute Gasteiger partial charge is 0.452 e. The number of ketones is 1. The molecule has 27 heavy (non-hydrogen) atoms. The number of carbonyl (C=O) groups is 1. The molecule has 0 unspecified atom stereocenters. The Hall–Kier alpha value is -2.75. The molecule has 136 valence electrons. The topological polar surface area (TPSA) is 38.3 Å². The first-order valence-electron chi connectivity index (χ1n) is 8.30. The molecule has 0 radical (unpaired) electrons. The van der Waals surface area contributed by atoms with Crippen molar-refractivity contribution in [1.29, 1.82) is 0 Å². The quantitative estimate of drug-likeness (QED) is 0.359. The molecule has 0 aliphatic carbocycles. The molecule has 0 atom stereocenters. The molecule has 0 aromatic heterocycles. The van der Waals surface area contributed by atoms with E-state index in [4.69, 9.17) is 27.9 Å². The average Bonchev–Trinajstić information content (AvgIpc) is 2.66. The Kier molecular flexibility index (Phi) is 6.17. The number of carbonyl (C=O) groups excluding carboxylic acids is 1. The molecule has 1 N–H and O–H groups in total. The molecule has 0 saturated heterocycles. The van der Waals surface area contributed by atoms with Gasteiger partial charge in [0.05, 0.1) is 15.7 Å². The summed E-state index contributed by atoms with van der Waals surface area (Å²) in [6, 6.07) is 21.6. The first kappa shape index (κ1) is 19.0. The lowest BCUT2D eigenvalue weighted by molar-refractivity contribution is 0.104. The molecule has 5 heteroatoms. The number of para-hydroxylation sites is 3. The summed E-state index contributed by atoms with van der Waals surface area (Å²) in [7, 11) is 0. The lowest BCUT2D eigenvalue weighted by atomic mass is 10.1. The fourth-order valence-corrected chi connectivity index (χ4v) is 2.95. The van der Waals surface area contributed by atoms with E-state index in [1.54, 1.807) is 42.5 Å². The highest BCUT2D eigenvalue weighted by Gasteiger charge is 2.11. The van der Waals surface area contributed by atoms with Crippen LogP contribution in [0.2, 0.25) is 10.0 Å². The number of allylic oxidation sites excluding steroid dienone is 2. The zero-order valence-corrected chi connectivity index (χ0v) is 16.1. The van der Waals surface area contributed by atoms with Gasteiger partial charge in [0.15, 0.2) is 17.3 Å². The zero-order chi connectivity index (χ0) is 19.2. The minimum absolute atomic E-state index is 0.0758. The third-order valence-electron chi connectivity index (χ3n) is 3.76. The number of ether oxygens (including phenoxy) is 1. The summed E-state index contributed by atoms with van der Waals surface area (Å²) < 4.78 is 5.92. The van der Waals surface area contributed by atoms with E-state index in [0.29, 0.717) is 38.5 Å². The predicted molar refractivity (Wildman–Crippen MR) is 111 cm³/mol. The van der Waals surface area contributed by atoms with Gasteiger partial charge in [-0.05, 0) is 31.2 Å². The number of rotatable bonds is 6. The number of anilines is 1. The molecule has 0 amide bonds. The highest BCUT2D eigenvalue weighted by Crippen LogP contribution is 2.38. The van der Waals surface area contributed by atoms with Crippen molar-refractivity contribution in [2.75, 3.05) is 5.32 Å². The molecule has 0 fully saturated rings. The molecule has 0 spiro atoms. The highest BCUT2D eigenvalue weighted by molar-refractivity contribution is 6.37. The van der Waals surface area contributed by atoms with Crippen LogP contribution in [0.25, 0.3) is 0 Å². The van der Waals surface area contributed by atoms with Crippen molar-refractivity contribution in [2.45, 2.75) is 6.92 Å². The summed E-state index contributed by atoms with van der Waals surface area (Å²) in [6.07, 6.45) is 1.55. The van der Waals surface area contributed by atoms with Crippen LogP contribution >= 0.6 is 23.2 Å². The second kappa shape index (κ2) is 8.76. The molecule has 3 nitrogen and oxygen atoms in total. The summed E-state index contributed by atoms with van der Waals surface area (Å²) in [4.78, 5) is 12.3. The lowest BCUT2D eigenvalue weighted by Gasteiger charge is -2.15. The third-order valence-corrected chi connectivity index (χ3v) is 4.35. The van der Waals surface area contributed by atoms with E-state index in [9.17, 15) is 4.79 Å². The number of benzene rings is 3. The van der Waals surface area contributed by atoms with E-state index >= 15 is 0 Å². The second-order valence-electron chi connectivity index (χ2n) is 5.83. The zero-order valence-electron chi connectivity index (χ0n) is 14.6. The number of hydrogen-bond donors (Lipinski definition) is 1. The SMILES string of the molecule is C/C(=C/C(=O)c1ccccc1)Nc1ccccc1Oc1c(Cl)cccc1Cl. The summed E-state index contributed by atoms with van der Waals surface area (Å²) >= 11 is 12.4. The maximum Gasteiger partial charge on any atom is 0.187 e. The van der Waals surface area contributed by atoms with Crippen molar-refractivity contribution in [3.8, 4) is 11.5 Å². The van der Waals surface area contributed by atoms with Crippen LogP contribution in [-0.2, 0) is 0 Å². The van der Waals surface area contributed by atoms with Crippen LogP contribution in [0.5, 0.6) is 11.5 Å². The summed E-state index contributed by atoms with van der Waals surface area (Å²) in [6.45, 7) is 1.82. The standard InChI is InChI=1S/C22H17Cl2NO2/c1-15(14-20(26)16-8-3-2-4-9-16)25-19-12-5-6-13-21(19)27-22-17(23)10-7-11-18(22)24/h2-14,25H,1H3/b15-14-. The third kappa shape index (κ3) is 4.91. The number of hydrogen-bond acceptors (Lipinski definition) is 3. The average molecular weight is 398 g/mol. The summed E-state index contributed by atoms with van der Waals surface area (Å²) in [5, 5.41) is 4.04. The van der Waals surface area contributed by atoms with Gasteiger partial charge in [0, 0.05) is 17.3 Å². The van der Waals surface area contributed by atoms with Gasteiger partial charge in [-0.25, -0.2) is 0 Å². The molecule has 3 aromatic carbocycles. The fraction of sp³-hybridized carbons (Fsp3) is 0.0455. The van der Waals surface area contributed by atoms with Gasteiger partial charge >= 0.3 is 0 Å². The molecule has 0 bridgehead atoms. The molecule has 0 aliphatic heterocycles. The van der Waals surface area contributed by atoms with Crippen LogP contribution in [0, 0.1) is 0 Å². The van der Waals surface area contributed by atoms with Crippen LogP contribution < -0.4 is 10.1 Å². The Morgan fingerprint density at radius 3 is 2.22 bits per heavy atom. The number of nitrogens with one attached hydrogen (secondary N) is 1. The molecular weight excluding hydrogens is 381 g/mol. The maximum absolute atomic E-state index is 12.3. The van der Waals surface area contributed by atoms with Gasteiger partial charge in [0.25, 0.3) is 0 Å². The minimum Gasteiger partial charge on any atom is -0.452 e. The summed E-state index contributed by atoms with van der Waals surface area (Å²) in [5.41, 5.74) is 2.01. The van der Waals surface area contributed by atoms with Crippen molar-refractivity contribution in [3.05, 3.63) is 100 Å². The minimum atomic E-state index is -0.0758.